The lowest BCUT2D eigenvalue weighted by atomic mass is 9.92. The summed E-state index contributed by atoms with van der Waals surface area (Å²) in [5.41, 5.74) is -0.994. The van der Waals surface area contributed by atoms with E-state index in [4.69, 9.17) is 0 Å². The van der Waals surface area contributed by atoms with Gasteiger partial charge in [-0.15, -0.1) is 0 Å². The van der Waals surface area contributed by atoms with Crippen LogP contribution in [0.25, 0.3) is 0 Å². The van der Waals surface area contributed by atoms with Gasteiger partial charge in [0, 0.05) is 19.7 Å². The summed E-state index contributed by atoms with van der Waals surface area (Å²) >= 11 is 0. The lowest BCUT2D eigenvalue weighted by Gasteiger charge is -2.22. The van der Waals surface area contributed by atoms with E-state index in [-0.39, 0.29) is 23.7 Å². The first-order valence-corrected chi connectivity index (χ1v) is 5.43. The zero-order valence-electron chi connectivity index (χ0n) is 10.5. The molecule has 1 rings (SSSR count). The summed E-state index contributed by atoms with van der Waals surface area (Å²) < 4.78 is 0. The second kappa shape index (κ2) is 5.44. The highest BCUT2D eigenvalue weighted by Crippen LogP contribution is 2.13. The topological polar surface area (TPSA) is 104 Å². The quantitative estimate of drug-likeness (QED) is 0.657. The monoisotopic (exact) mass is 252 g/mol. The average molecular weight is 252 g/mol. The van der Waals surface area contributed by atoms with Gasteiger partial charge in [-0.3, -0.25) is 14.4 Å². The first-order chi connectivity index (χ1) is 8.36. The molecular weight excluding hydrogens is 236 g/mol. The van der Waals surface area contributed by atoms with Gasteiger partial charge in [0.05, 0.1) is 5.41 Å². The third kappa shape index (κ3) is 3.41. The number of aromatic amines is 1. The molecule has 0 spiro atoms. The average Bonchev–Trinajstić information content (AvgIpc) is 2.35. The van der Waals surface area contributed by atoms with Gasteiger partial charge in [0.2, 0.25) is 5.91 Å². The Bertz CT molecular complexity index is 487. The Kier molecular flexibility index (Phi) is 4.19. The molecule has 98 valence electrons. The lowest BCUT2D eigenvalue weighted by Crippen LogP contribution is -2.44. The number of carbonyl (C=O) groups excluding carboxylic acids is 2. The molecule has 0 bridgehead atoms. The number of amides is 2. The van der Waals surface area contributed by atoms with Crippen molar-refractivity contribution in [1.82, 2.24) is 20.8 Å². The number of H-pyrrole nitrogens is 1. The highest BCUT2D eigenvalue weighted by atomic mass is 16.2. The number of rotatable bonds is 4. The lowest BCUT2D eigenvalue weighted by molar-refractivity contribution is -0.128. The van der Waals surface area contributed by atoms with Crippen molar-refractivity contribution in [2.75, 3.05) is 13.6 Å². The van der Waals surface area contributed by atoms with Crippen LogP contribution in [0.2, 0.25) is 0 Å². The van der Waals surface area contributed by atoms with Gasteiger partial charge in [-0.1, -0.05) is 0 Å². The molecule has 2 amide bonds. The predicted octanol–water partition coefficient (Wildman–Crippen LogP) is -0.728. The molecule has 1 aromatic rings. The summed E-state index contributed by atoms with van der Waals surface area (Å²) in [7, 11) is 1.54. The maximum absolute atomic E-state index is 11.7. The Morgan fingerprint density at radius 2 is 2.06 bits per heavy atom. The fourth-order valence-corrected chi connectivity index (χ4v) is 1.28. The van der Waals surface area contributed by atoms with Crippen LogP contribution in [0.15, 0.2) is 16.9 Å². The van der Waals surface area contributed by atoms with E-state index >= 15 is 0 Å². The first kappa shape index (κ1) is 13.9. The molecule has 18 heavy (non-hydrogen) atoms. The molecule has 1 heterocycles. The van der Waals surface area contributed by atoms with E-state index in [1.165, 1.54) is 19.2 Å². The van der Waals surface area contributed by atoms with Crippen molar-refractivity contribution < 1.29 is 9.59 Å². The van der Waals surface area contributed by atoms with E-state index in [0.29, 0.717) is 0 Å². The molecule has 0 radical (unpaired) electrons. The number of nitrogens with zero attached hydrogens (tertiary/aromatic N) is 1. The van der Waals surface area contributed by atoms with Gasteiger partial charge < -0.3 is 10.6 Å². The summed E-state index contributed by atoms with van der Waals surface area (Å²) in [5, 5.41) is 10.9. The number of carbonyl (C=O) groups is 2. The van der Waals surface area contributed by atoms with Crippen LogP contribution in [0.3, 0.4) is 0 Å². The van der Waals surface area contributed by atoms with E-state index in [0.717, 1.165) is 0 Å². The molecule has 0 aliphatic heterocycles. The largest absolute Gasteiger partial charge is 0.359 e. The Morgan fingerprint density at radius 1 is 1.39 bits per heavy atom. The van der Waals surface area contributed by atoms with Gasteiger partial charge in [-0.25, -0.2) is 5.10 Å². The van der Waals surface area contributed by atoms with Crippen molar-refractivity contribution in [3.63, 3.8) is 0 Å². The highest BCUT2D eigenvalue weighted by molar-refractivity contribution is 5.92. The van der Waals surface area contributed by atoms with Crippen LogP contribution < -0.4 is 16.2 Å². The Morgan fingerprint density at radius 3 is 2.56 bits per heavy atom. The predicted molar refractivity (Wildman–Crippen MR) is 65.0 cm³/mol. The molecule has 0 saturated heterocycles. The molecule has 0 aromatic carbocycles. The molecule has 0 fully saturated rings. The third-order valence-electron chi connectivity index (χ3n) is 2.44. The molecule has 0 atom stereocenters. The van der Waals surface area contributed by atoms with Crippen molar-refractivity contribution in [3.05, 3.63) is 28.2 Å². The fourth-order valence-electron chi connectivity index (χ4n) is 1.28. The summed E-state index contributed by atoms with van der Waals surface area (Å²) in [5.74, 6) is -0.611. The molecule has 0 aliphatic carbocycles. The minimum Gasteiger partial charge on any atom is -0.359 e. The van der Waals surface area contributed by atoms with E-state index < -0.39 is 11.3 Å². The number of nitrogens with one attached hydrogen (secondary N) is 3. The van der Waals surface area contributed by atoms with Crippen molar-refractivity contribution in [2.45, 2.75) is 13.8 Å². The van der Waals surface area contributed by atoms with Crippen LogP contribution in [0.5, 0.6) is 0 Å². The second-order valence-corrected chi connectivity index (χ2v) is 4.45. The van der Waals surface area contributed by atoms with Crippen LogP contribution in [0, 0.1) is 5.41 Å². The fraction of sp³-hybridized carbons (Fsp3) is 0.455. The Balaban J connectivity index is 2.64. The van der Waals surface area contributed by atoms with E-state index in [1.807, 2.05) is 0 Å². The van der Waals surface area contributed by atoms with Crippen LogP contribution >= 0.6 is 0 Å². The highest BCUT2D eigenvalue weighted by Gasteiger charge is 2.27. The zero-order chi connectivity index (χ0) is 13.8. The summed E-state index contributed by atoms with van der Waals surface area (Å²) in [6, 6.07) is 2.53. The molecule has 3 N–H and O–H groups in total. The minimum atomic E-state index is -0.716. The van der Waals surface area contributed by atoms with Crippen molar-refractivity contribution in [2.24, 2.45) is 5.41 Å². The molecular formula is C11H16N4O3. The second-order valence-electron chi connectivity index (χ2n) is 4.45. The number of hydrogen-bond acceptors (Lipinski definition) is 4. The third-order valence-corrected chi connectivity index (χ3v) is 2.44. The number of hydrogen-bond donors (Lipinski definition) is 3. The van der Waals surface area contributed by atoms with Crippen LogP contribution in [0.1, 0.15) is 24.3 Å². The van der Waals surface area contributed by atoms with Crippen LogP contribution in [0.4, 0.5) is 0 Å². The SMILES string of the molecule is CNC(=O)C(C)(C)CNC(=O)c1ccc(=O)[nH]n1. The summed E-state index contributed by atoms with van der Waals surface area (Å²) in [6.07, 6.45) is 0. The first-order valence-electron chi connectivity index (χ1n) is 5.43. The summed E-state index contributed by atoms with van der Waals surface area (Å²) in [6.45, 7) is 3.60. The summed E-state index contributed by atoms with van der Waals surface area (Å²) in [4.78, 5) is 34.0. The van der Waals surface area contributed by atoms with E-state index in [2.05, 4.69) is 20.8 Å². The van der Waals surface area contributed by atoms with Gasteiger partial charge in [-0.2, -0.15) is 5.10 Å². The van der Waals surface area contributed by atoms with Gasteiger partial charge in [0.1, 0.15) is 5.69 Å². The van der Waals surface area contributed by atoms with Gasteiger partial charge >= 0.3 is 0 Å². The standard InChI is InChI=1S/C11H16N4O3/c1-11(2,10(18)12-3)6-13-9(17)7-4-5-8(16)15-14-7/h4-5H,6H2,1-3H3,(H,12,18)(H,13,17)(H,15,16). The van der Waals surface area contributed by atoms with E-state index in [9.17, 15) is 14.4 Å². The maximum Gasteiger partial charge on any atom is 0.271 e. The van der Waals surface area contributed by atoms with E-state index in [1.54, 1.807) is 13.8 Å². The number of aromatic nitrogens is 2. The van der Waals surface area contributed by atoms with Crippen molar-refractivity contribution in [3.8, 4) is 0 Å². The molecule has 0 aliphatic rings. The normalized spacial score (nSPS) is 10.8. The smallest absolute Gasteiger partial charge is 0.271 e. The van der Waals surface area contributed by atoms with Crippen molar-refractivity contribution >= 4 is 11.8 Å². The van der Waals surface area contributed by atoms with Crippen LogP contribution in [-0.2, 0) is 4.79 Å². The minimum absolute atomic E-state index is 0.0994. The zero-order valence-corrected chi connectivity index (χ0v) is 10.5. The Labute approximate surface area is 104 Å². The molecule has 7 heteroatoms. The maximum atomic E-state index is 11.7. The molecule has 0 saturated carbocycles. The van der Waals surface area contributed by atoms with Crippen LogP contribution in [-0.4, -0.2) is 35.6 Å². The van der Waals surface area contributed by atoms with Crippen molar-refractivity contribution in [1.29, 1.82) is 0 Å². The molecule has 0 unspecified atom stereocenters. The Hall–Kier alpha value is -2.18. The van der Waals surface area contributed by atoms with Gasteiger partial charge in [0.25, 0.3) is 11.5 Å². The molecule has 1 aromatic heterocycles. The van der Waals surface area contributed by atoms with Gasteiger partial charge in [0.15, 0.2) is 0 Å². The van der Waals surface area contributed by atoms with Gasteiger partial charge in [-0.05, 0) is 19.9 Å². The molecule has 7 nitrogen and oxygen atoms in total.